The minimum absolute atomic E-state index is 0.0578. The summed E-state index contributed by atoms with van der Waals surface area (Å²) in [6, 6.07) is -0.856. The first kappa shape index (κ1) is 50.0. The van der Waals surface area contributed by atoms with Gasteiger partial charge in [-0.1, -0.05) is 167 Å². The number of unbranched alkanes of at least 4 members (excludes halogenated alkanes) is 23. The van der Waals surface area contributed by atoms with Crippen LogP contribution in [0.15, 0.2) is 24.3 Å². The molecule has 51 heavy (non-hydrogen) atoms. The summed E-state index contributed by atoms with van der Waals surface area (Å²) in [6.45, 7) is 4.75. The number of aliphatic hydroxyl groups excluding tert-OH is 1. The monoisotopic (exact) mass is 744 g/mol. The predicted molar refractivity (Wildman–Crippen MR) is 217 cm³/mol. The molecule has 8 nitrogen and oxygen atoms in total. The Morgan fingerprint density at radius 2 is 1.06 bits per heavy atom. The van der Waals surface area contributed by atoms with Gasteiger partial charge >= 0.3 is 7.82 Å². The Kier molecular flexibility index (Phi) is 34.0. The summed E-state index contributed by atoms with van der Waals surface area (Å²) in [6.07, 6.45) is 39.8. The van der Waals surface area contributed by atoms with Crippen molar-refractivity contribution in [3.05, 3.63) is 24.3 Å². The van der Waals surface area contributed by atoms with Crippen molar-refractivity contribution in [3.8, 4) is 0 Å². The van der Waals surface area contributed by atoms with Gasteiger partial charge in [0.05, 0.1) is 39.9 Å². The summed E-state index contributed by atoms with van der Waals surface area (Å²) in [5.41, 5.74) is 0. The van der Waals surface area contributed by atoms with E-state index in [1.807, 2.05) is 27.2 Å². The highest BCUT2D eigenvalue weighted by Gasteiger charge is 2.27. The molecule has 0 saturated carbocycles. The number of aliphatic hydroxyl groups is 1. The molecule has 0 spiro atoms. The van der Waals surface area contributed by atoms with Crippen LogP contribution in [-0.2, 0) is 18.4 Å². The molecule has 0 aromatic heterocycles. The van der Waals surface area contributed by atoms with Crippen LogP contribution in [-0.4, -0.2) is 73.4 Å². The van der Waals surface area contributed by atoms with Crippen molar-refractivity contribution in [2.45, 2.75) is 199 Å². The molecule has 0 fully saturated rings. The smallest absolute Gasteiger partial charge is 0.387 e. The largest absolute Gasteiger partial charge is 0.472 e. The van der Waals surface area contributed by atoms with Crippen LogP contribution in [0.3, 0.4) is 0 Å². The molecule has 3 atom stereocenters. The van der Waals surface area contributed by atoms with Gasteiger partial charge in [0.25, 0.3) is 0 Å². The SMILES string of the molecule is CCCCCC/C=C\CCCC(=O)NC(COP(=O)(O)OCC[N+](C)(C)C)C(O)/C=C/CCCCCCCCCCCCCCCCCCCC. The van der Waals surface area contributed by atoms with Gasteiger partial charge in [0.2, 0.25) is 5.91 Å². The Morgan fingerprint density at radius 3 is 1.53 bits per heavy atom. The summed E-state index contributed by atoms with van der Waals surface area (Å²) in [5.74, 6) is -0.213. The molecule has 1 amide bonds. The van der Waals surface area contributed by atoms with E-state index in [0.717, 1.165) is 32.1 Å². The maximum Gasteiger partial charge on any atom is 0.472 e. The van der Waals surface area contributed by atoms with E-state index in [1.165, 1.54) is 128 Å². The van der Waals surface area contributed by atoms with Gasteiger partial charge in [-0.15, -0.1) is 0 Å². The maximum atomic E-state index is 12.7. The lowest BCUT2D eigenvalue weighted by Crippen LogP contribution is -2.45. The second-order valence-corrected chi connectivity index (χ2v) is 17.2. The Morgan fingerprint density at radius 1 is 0.647 bits per heavy atom. The molecule has 0 aliphatic carbocycles. The lowest BCUT2D eigenvalue weighted by molar-refractivity contribution is -0.870. The van der Waals surface area contributed by atoms with Gasteiger partial charge in [-0.2, -0.15) is 0 Å². The number of amides is 1. The number of phosphoric ester groups is 1. The second kappa shape index (κ2) is 34.7. The Hall–Kier alpha value is -1.02. The van der Waals surface area contributed by atoms with Crippen molar-refractivity contribution in [2.75, 3.05) is 40.9 Å². The van der Waals surface area contributed by atoms with Crippen molar-refractivity contribution in [1.29, 1.82) is 0 Å². The Labute approximate surface area is 315 Å². The number of nitrogens with zero attached hydrogens (tertiary/aromatic N) is 1. The van der Waals surface area contributed by atoms with Crippen molar-refractivity contribution >= 4 is 13.7 Å². The quantitative estimate of drug-likeness (QED) is 0.0252. The fraction of sp³-hybridized carbons (Fsp3) is 0.881. The molecule has 0 aromatic carbocycles. The topological polar surface area (TPSA) is 105 Å². The van der Waals surface area contributed by atoms with Gasteiger partial charge in [0.1, 0.15) is 13.2 Å². The Bertz CT molecular complexity index is 891. The number of carbonyl (C=O) groups is 1. The van der Waals surface area contributed by atoms with Crippen LogP contribution < -0.4 is 5.32 Å². The number of allylic oxidation sites excluding steroid dienone is 3. The fourth-order valence-corrected chi connectivity index (χ4v) is 6.72. The van der Waals surface area contributed by atoms with Crippen LogP contribution in [0.4, 0.5) is 0 Å². The highest BCUT2D eigenvalue weighted by molar-refractivity contribution is 7.47. The van der Waals surface area contributed by atoms with Gasteiger partial charge < -0.3 is 19.8 Å². The van der Waals surface area contributed by atoms with Crippen molar-refractivity contribution in [3.63, 3.8) is 0 Å². The lowest BCUT2D eigenvalue weighted by Gasteiger charge is -2.25. The molecule has 0 heterocycles. The number of quaternary nitrogens is 1. The zero-order valence-electron chi connectivity index (χ0n) is 34.1. The van der Waals surface area contributed by atoms with E-state index >= 15 is 0 Å². The summed E-state index contributed by atoms with van der Waals surface area (Å²) >= 11 is 0. The van der Waals surface area contributed by atoms with Crippen LogP contribution in [0.2, 0.25) is 0 Å². The first-order valence-electron chi connectivity index (χ1n) is 21.2. The number of likely N-dealkylation sites (N-methyl/N-ethyl adjacent to an activating group) is 1. The third-order valence-electron chi connectivity index (χ3n) is 9.42. The number of nitrogens with one attached hydrogen (secondary N) is 1. The number of phosphoric acid groups is 1. The van der Waals surface area contributed by atoms with Crippen molar-refractivity contribution < 1.29 is 32.9 Å². The minimum atomic E-state index is -4.33. The normalized spacial score (nSPS) is 14.7. The van der Waals surface area contributed by atoms with E-state index in [0.29, 0.717) is 23.9 Å². The molecule has 0 radical (unpaired) electrons. The molecule has 0 aliphatic rings. The van der Waals surface area contributed by atoms with Gasteiger partial charge in [-0.25, -0.2) is 4.57 Å². The van der Waals surface area contributed by atoms with Crippen LogP contribution in [0.1, 0.15) is 187 Å². The number of carbonyl (C=O) groups excluding carboxylic acids is 1. The molecule has 9 heteroatoms. The molecule has 3 N–H and O–H groups in total. The first-order chi connectivity index (χ1) is 24.5. The van der Waals surface area contributed by atoms with Gasteiger partial charge in [-0.3, -0.25) is 13.8 Å². The van der Waals surface area contributed by atoms with Crippen LogP contribution >= 0.6 is 7.82 Å². The zero-order chi connectivity index (χ0) is 37.9. The molecule has 0 aliphatic heterocycles. The maximum absolute atomic E-state index is 12.7. The average Bonchev–Trinajstić information content (AvgIpc) is 3.07. The molecule has 0 aromatic rings. The first-order valence-corrected chi connectivity index (χ1v) is 22.7. The summed E-state index contributed by atoms with van der Waals surface area (Å²) in [4.78, 5) is 22.9. The van der Waals surface area contributed by atoms with Crippen LogP contribution in [0.5, 0.6) is 0 Å². The number of rotatable bonds is 38. The van der Waals surface area contributed by atoms with E-state index in [2.05, 4.69) is 31.3 Å². The zero-order valence-corrected chi connectivity index (χ0v) is 35.0. The van der Waals surface area contributed by atoms with E-state index in [-0.39, 0.29) is 19.1 Å². The van der Waals surface area contributed by atoms with Crippen LogP contribution in [0.25, 0.3) is 0 Å². The standard InChI is InChI=1S/C42H83N2O6P/c1-6-8-10-12-14-16-17-18-19-20-21-22-23-24-25-26-28-29-31-33-35-41(45)40(39-50-51(47,48)49-38-37-44(3,4)5)43-42(46)36-34-32-30-27-15-13-11-9-7-2/h27,30,33,35,40-41,45H,6-26,28-29,31-32,34,36-39H2,1-5H3,(H-,43,46,47,48)/p+1/b30-27-,35-33+. The highest BCUT2D eigenvalue weighted by Crippen LogP contribution is 2.43. The molecular formula is C42H84N2O6P+. The third-order valence-corrected chi connectivity index (χ3v) is 10.4. The Balaban J connectivity index is 4.37. The summed E-state index contributed by atoms with van der Waals surface area (Å²) in [7, 11) is 1.56. The minimum Gasteiger partial charge on any atom is -0.387 e. The molecule has 0 bridgehead atoms. The highest BCUT2D eigenvalue weighted by atomic mass is 31.2. The predicted octanol–water partition coefficient (Wildman–Crippen LogP) is 11.4. The fourth-order valence-electron chi connectivity index (χ4n) is 5.99. The lowest BCUT2D eigenvalue weighted by atomic mass is 10.0. The third kappa shape index (κ3) is 37.1. The van der Waals surface area contributed by atoms with E-state index < -0.39 is 20.0 Å². The summed E-state index contributed by atoms with van der Waals surface area (Å²) < 4.78 is 23.4. The van der Waals surface area contributed by atoms with E-state index in [4.69, 9.17) is 9.05 Å². The number of hydrogen-bond donors (Lipinski definition) is 3. The molecule has 0 saturated heterocycles. The number of hydrogen-bond acceptors (Lipinski definition) is 5. The van der Waals surface area contributed by atoms with E-state index in [1.54, 1.807) is 6.08 Å². The second-order valence-electron chi connectivity index (χ2n) is 15.7. The van der Waals surface area contributed by atoms with Crippen LogP contribution in [0, 0.1) is 0 Å². The van der Waals surface area contributed by atoms with Crippen molar-refractivity contribution in [2.24, 2.45) is 0 Å². The van der Waals surface area contributed by atoms with Crippen molar-refractivity contribution in [1.82, 2.24) is 5.32 Å². The molecular weight excluding hydrogens is 659 g/mol. The molecule has 0 rings (SSSR count). The molecule has 3 unspecified atom stereocenters. The van der Waals surface area contributed by atoms with Gasteiger partial charge in [0.15, 0.2) is 0 Å². The van der Waals surface area contributed by atoms with Gasteiger partial charge in [0, 0.05) is 6.42 Å². The van der Waals surface area contributed by atoms with E-state index in [9.17, 15) is 19.4 Å². The summed E-state index contributed by atoms with van der Waals surface area (Å²) in [5, 5.41) is 13.7. The molecule has 302 valence electrons. The van der Waals surface area contributed by atoms with Gasteiger partial charge in [-0.05, 0) is 38.5 Å². The average molecular weight is 744 g/mol.